The molecule has 1 aromatic rings. The Morgan fingerprint density at radius 1 is 1.44 bits per heavy atom. The minimum absolute atomic E-state index is 0.0239. The summed E-state index contributed by atoms with van der Waals surface area (Å²) >= 11 is 0. The molecular weight excluding hydrogens is 208 g/mol. The van der Waals surface area contributed by atoms with E-state index in [-0.39, 0.29) is 11.5 Å². The van der Waals surface area contributed by atoms with Crippen LogP contribution in [0.2, 0.25) is 0 Å². The molecule has 0 unspecified atom stereocenters. The average Bonchev–Trinajstić information content (AvgIpc) is 2.17. The molecule has 0 radical (unpaired) electrons. The molecule has 0 bridgehead atoms. The molecule has 0 aliphatic carbocycles. The van der Waals surface area contributed by atoms with Crippen molar-refractivity contribution in [2.75, 3.05) is 7.11 Å². The van der Waals surface area contributed by atoms with Crippen LogP contribution in [0.25, 0.3) is 0 Å². The molecule has 1 aromatic carbocycles. The Labute approximate surface area is 93.8 Å². The summed E-state index contributed by atoms with van der Waals surface area (Å²) in [5.74, 6) is 0.710. The van der Waals surface area contributed by atoms with Crippen LogP contribution in [0, 0.1) is 0 Å². The Hall–Kier alpha value is -1.71. The van der Waals surface area contributed by atoms with Gasteiger partial charge in [0.25, 0.3) is 0 Å². The first-order valence-electron chi connectivity index (χ1n) is 5.06. The van der Waals surface area contributed by atoms with Crippen LogP contribution in [0.3, 0.4) is 0 Å². The third-order valence-corrected chi connectivity index (χ3v) is 2.55. The number of rotatable bonds is 1. The van der Waals surface area contributed by atoms with Crippen LogP contribution >= 0.6 is 0 Å². The normalized spacial score (nSPS) is 17.6. The van der Waals surface area contributed by atoms with Gasteiger partial charge in [-0.25, -0.2) is 0 Å². The molecule has 4 heteroatoms. The zero-order chi connectivity index (χ0) is 11.9. The van der Waals surface area contributed by atoms with Gasteiger partial charge in [-0.2, -0.15) is 0 Å². The summed E-state index contributed by atoms with van der Waals surface area (Å²) in [4.78, 5) is 11.8. The van der Waals surface area contributed by atoms with E-state index in [9.17, 15) is 9.90 Å². The van der Waals surface area contributed by atoms with Gasteiger partial charge in [-0.3, -0.25) is 4.79 Å². The Morgan fingerprint density at radius 3 is 2.75 bits per heavy atom. The molecule has 2 rings (SSSR count). The van der Waals surface area contributed by atoms with E-state index in [1.807, 2.05) is 13.8 Å². The summed E-state index contributed by atoms with van der Waals surface area (Å²) in [7, 11) is 1.46. The number of hydrogen-bond donors (Lipinski definition) is 1. The van der Waals surface area contributed by atoms with Crippen LogP contribution in [0.4, 0.5) is 0 Å². The maximum atomic E-state index is 11.8. The molecule has 4 nitrogen and oxygen atoms in total. The van der Waals surface area contributed by atoms with Crippen molar-refractivity contribution >= 4 is 5.78 Å². The standard InChI is InChI=1S/C12H14O4/c1-12(2)6-9(14)7-4-8(13)11(15-3)5-10(7)16-12/h4-5,13H,6H2,1-3H3. The van der Waals surface area contributed by atoms with E-state index >= 15 is 0 Å². The largest absolute Gasteiger partial charge is 0.504 e. The predicted octanol–water partition coefficient (Wildman–Crippen LogP) is 2.14. The summed E-state index contributed by atoms with van der Waals surface area (Å²) in [6.07, 6.45) is 0.311. The highest BCUT2D eigenvalue weighted by molar-refractivity contribution is 6.01. The van der Waals surface area contributed by atoms with Crippen molar-refractivity contribution in [2.45, 2.75) is 25.9 Å². The lowest BCUT2D eigenvalue weighted by Gasteiger charge is -2.31. The van der Waals surface area contributed by atoms with E-state index in [1.165, 1.54) is 13.2 Å². The molecule has 0 fully saturated rings. The number of phenolic OH excluding ortho intramolecular Hbond substituents is 1. The Balaban J connectivity index is 2.54. The summed E-state index contributed by atoms with van der Waals surface area (Å²) in [6, 6.07) is 2.94. The second-order valence-electron chi connectivity index (χ2n) is 4.48. The topological polar surface area (TPSA) is 55.8 Å². The van der Waals surface area contributed by atoms with E-state index in [0.717, 1.165) is 0 Å². The minimum atomic E-state index is -0.508. The van der Waals surface area contributed by atoms with E-state index in [0.29, 0.717) is 23.5 Å². The second kappa shape index (κ2) is 3.40. The fourth-order valence-corrected chi connectivity index (χ4v) is 1.83. The van der Waals surface area contributed by atoms with Gasteiger partial charge in [0.2, 0.25) is 0 Å². The molecule has 1 N–H and O–H groups in total. The number of hydrogen-bond acceptors (Lipinski definition) is 4. The third kappa shape index (κ3) is 1.71. The summed E-state index contributed by atoms with van der Waals surface area (Å²) in [6.45, 7) is 3.71. The van der Waals surface area contributed by atoms with Crippen LogP contribution in [-0.4, -0.2) is 23.6 Å². The first-order valence-corrected chi connectivity index (χ1v) is 5.06. The molecule has 1 aliphatic rings. The minimum Gasteiger partial charge on any atom is -0.504 e. The smallest absolute Gasteiger partial charge is 0.170 e. The van der Waals surface area contributed by atoms with Gasteiger partial charge < -0.3 is 14.6 Å². The van der Waals surface area contributed by atoms with E-state index in [2.05, 4.69) is 0 Å². The lowest BCUT2D eigenvalue weighted by Crippen LogP contribution is -2.35. The molecule has 0 atom stereocenters. The van der Waals surface area contributed by atoms with E-state index < -0.39 is 5.60 Å². The molecule has 86 valence electrons. The van der Waals surface area contributed by atoms with Crippen molar-refractivity contribution in [1.29, 1.82) is 0 Å². The van der Waals surface area contributed by atoms with Gasteiger partial charge in [0.15, 0.2) is 17.3 Å². The van der Waals surface area contributed by atoms with Crippen molar-refractivity contribution in [3.05, 3.63) is 17.7 Å². The molecule has 1 aliphatic heterocycles. The molecular formula is C12H14O4. The van der Waals surface area contributed by atoms with Gasteiger partial charge in [0, 0.05) is 6.07 Å². The first kappa shape index (κ1) is 10.8. The Kier molecular flexibility index (Phi) is 2.30. The number of carbonyl (C=O) groups excluding carboxylic acids is 1. The number of Topliss-reactive ketones (excluding diaryl/α,β-unsaturated/α-hetero) is 1. The molecule has 0 amide bonds. The number of benzene rings is 1. The van der Waals surface area contributed by atoms with Gasteiger partial charge in [-0.1, -0.05) is 0 Å². The monoisotopic (exact) mass is 222 g/mol. The van der Waals surface area contributed by atoms with E-state index in [4.69, 9.17) is 9.47 Å². The number of fused-ring (bicyclic) bond motifs is 1. The Bertz CT molecular complexity index is 449. The fourth-order valence-electron chi connectivity index (χ4n) is 1.83. The van der Waals surface area contributed by atoms with Crippen LogP contribution in [0.5, 0.6) is 17.2 Å². The molecule has 0 aromatic heterocycles. The van der Waals surface area contributed by atoms with E-state index in [1.54, 1.807) is 6.07 Å². The highest BCUT2D eigenvalue weighted by Crippen LogP contribution is 2.39. The van der Waals surface area contributed by atoms with Crippen molar-refractivity contribution in [1.82, 2.24) is 0 Å². The molecule has 0 spiro atoms. The summed E-state index contributed by atoms with van der Waals surface area (Å²) in [5.41, 5.74) is -0.0934. The lowest BCUT2D eigenvalue weighted by atomic mass is 9.93. The number of methoxy groups -OCH3 is 1. The summed E-state index contributed by atoms with van der Waals surface area (Å²) in [5, 5.41) is 9.58. The zero-order valence-corrected chi connectivity index (χ0v) is 9.53. The molecule has 0 saturated heterocycles. The SMILES string of the molecule is COc1cc2c(cc1O)C(=O)CC(C)(C)O2. The number of carbonyl (C=O) groups is 1. The zero-order valence-electron chi connectivity index (χ0n) is 9.53. The van der Waals surface area contributed by atoms with Crippen molar-refractivity contribution in [3.63, 3.8) is 0 Å². The second-order valence-corrected chi connectivity index (χ2v) is 4.48. The first-order chi connectivity index (χ1) is 7.43. The fraction of sp³-hybridized carbons (Fsp3) is 0.417. The third-order valence-electron chi connectivity index (χ3n) is 2.55. The van der Waals surface area contributed by atoms with Gasteiger partial charge in [0.05, 0.1) is 19.1 Å². The van der Waals surface area contributed by atoms with Crippen LogP contribution in [-0.2, 0) is 0 Å². The number of aromatic hydroxyl groups is 1. The maximum Gasteiger partial charge on any atom is 0.170 e. The van der Waals surface area contributed by atoms with Gasteiger partial charge in [-0.15, -0.1) is 0 Å². The molecule has 16 heavy (non-hydrogen) atoms. The molecule has 1 heterocycles. The van der Waals surface area contributed by atoms with Crippen molar-refractivity contribution < 1.29 is 19.4 Å². The summed E-state index contributed by atoms with van der Waals surface area (Å²) < 4.78 is 10.6. The molecule has 0 saturated carbocycles. The lowest BCUT2D eigenvalue weighted by molar-refractivity contribution is 0.0617. The highest BCUT2D eigenvalue weighted by atomic mass is 16.5. The number of phenols is 1. The highest BCUT2D eigenvalue weighted by Gasteiger charge is 2.33. The van der Waals surface area contributed by atoms with Crippen LogP contribution in [0.1, 0.15) is 30.6 Å². The van der Waals surface area contributed by atoms with Gasteiger partial charge in [0.1, 0.15) is 11.4 Å². The maximum absolute atomic E-state index is 11.8. The Morgan fingerprint density at radius 2 is 2.12 bits per heavy atom. The number of ether oxygens (including phenoxy) is 2. The van der Waals surface area contributed by atoms with Gasteiger partial charge in [-0.05, 0) is 19.9 Å². The van der Waals surface area contributed by atoms with Crippen molar-refractivity contribution in [3.8, 4) is 17.2 Å². The van der Waals surface area contributed by atoms with Crippen LogP contribution < -0.4 is 9.47 Å². The predicted molar refractivity (Wildman–Crippen MR) is 58.3 cm³/mol. The van der Waals surface area contributed by atoms with Gasteiger partial charge >= 0.3 is 0 Å². The number of ketones is 1. The average molecular weight is 222 g/mol. The van der Waals surface area contributed by atoms with Crippen LogP contribution in [0.15, 0.2) is 12.1 Å². The van der Waals surface area contributed by atoms with Crippen molar-refractivity contribution in [2.24, 2.45) is 0 Å². The quantitative estimate of drug-likeness (QED) is 0.791.